The summed E-state index contributed by atoms with van der Waals surface area (Å²) in [6.45, 7) is 9.71. The van der Waals surface area contributed by atoms with Crippen molar-refractivity contribution in [1.82, 2.24) is 9.21 Å². The molecule has 2 aromatic rings. The van der Waals surface area contributed by atoms with Gasteiger partial charge >= 0.3 is 0 Å². The molecule has 3 heterocycles. The van der Waals surface area contributed by atoms with Crippen LogP contribution < -0.4 is 11.1 Å². The van der Waals surface area contributed by atoms with E-state index in [2.05, 4.69) is 31.0 Å². The van der Waals surface area contributed by atoms with Crippen LogP contribution in [0.3, 0.4) is 0 Å². The first kappa shape index (κ1) is 27.6. The Morgan fingerprint density at radius 1 is 1.14 bits per heavy atom. The minimum absolute atomic E-state index is 0. The number of sulfonamides is 1. The molecule has 0 bridgehead atoms. The Labute approximate surface area is 217 Å². The van der Waals surface area contributed by atoms with E-state index in [0.717, 1.165) is 36.5 Å². The van der Waals surface area contributed by atoms with Crippen molar-refractivity contribution in [2.45, 2.75) is 45.1 Å². The number of nitrogens with one attached hydrogen (secondary N) is 1. The number of piperidine rings is 1. The van der Waals surface area contributed by atoms with Crippen molar-refractivity contribution >= 4 is 50.6 Å². The quantitative estimate of drug-likeness (QED) is 0.581. The van der Waals surface area contributed by atoms with E-state index in [9.17, 15) is 18.0 Å². The molecule has 0 aliphatic carbocycles. The molecule has 0 radical (unpaired) electrons. The Morgan fingerprint density at radius 3 is 2.34 bits per heavy atom. The average molecular weight is 541 g/mol. The number of amides is 2. The number of carbonyl (C=O) groups excluding carboxylic acids is 2. The van der Waals surface area contributed by atoms with Gasteiger partial charge in [0.1, 0.15) is 5.00 Å². The lowest BCUT2D eigenvalue weighted by Gasteiger charge is -2.34. The molecule has 1 fully saturated rings. The highest BCUT2D eigenvalue weighted by Gasteiger charge is 2.32. The number of anilines is 1. The van der Waals surface area contributed by atoms with E-state index in [1.165, 1.54) is 39.9 Å². The third-order valence-electron chi connectivity index (χ3n) is 6.65. The van der Waals surface area contributed by atoms with Crippen LogP contribution in [0, 0.1) is 11.8 Å². The highest BCUT2D eigenvalue weighted by atomic mass is 35.5. The number of nitrogens with zero attached hydrogens (tertiary/aromatic N) is 2. The normalized spacial score (nSPS) is 21.1. The van der Waals surface area contributed by atoms with E-state index in [1.54, 1.807) is 0 Å². The van der Waals surface area contributed by atoms with E-state index in [4.69, 9.17) is 5.73 Å². The smallest absolute Gasteiger partial charge is 0.256 e. The molecule has 11 heteroatoms. The van der Waals surface area contributed by atoms with Gasteiger partial charge in [0.25, 0.3) is 11.8 Å². The zero-order valence-corrected chi connectivity index (χ0v) is 22.7. The van der Waals surface area contributed by atoms with Gasteiger partial charge in [0.15, 0.2) is 0 Å². The molecule has 8 nitrogen and oxygen atoms in total. The van der Waals surface area contributed by atoms with Crippen molar-refractivity contribution in [3.63, 3.8) is 0 Å². The zero-order chi connectivity index (χ0) is 24.6. The first-order valence-electron chi connectivity index (χ1n) is 11.7. The fraction of sp³-hybridized carbons (Fsp3) is 0.500. The third-order valence-corrected chi connectivity index (χ3v) is 9.62. The Kier molecular flexibility index (Phi) is 8.64. The fourth-order valence-corrected chi connectivity index (χ4v) is 7.95. The first-order chi connectivity index (χ1) is 16.1. The SMILES string of the molecule is CCN1CCc2c(sc(NC(=O)c3ccc(S(=O)(=O)N4CC(C)CC(C)C4)cc3)c2C(N)=O)C1.Cl. The predicted octanol–water partition coefficient (Wildman–Crippen LogP) is 3.57. The number of thiophene rings is 1. The summed E-state index contributed by atoms with van der Waals surface area (Å²) in [5.74, 6) is -0.338. The summed E-state index contributed by atoms with van der Waals surface area (Å²) in [6, 6.07) is 5.97. The second-order valence-corrected chi connectivity index (χ2v) is 12.5. The number of benzene rings is 1. The van der Waals surface area contributed by atoms with Crippen molar-refractivity contribution in [2.24, 2.45) is 17.6 Å². The van der Waals surface area contributed by atoms with Gasteiger partial charge in [-0.05, 0) is 61.1 Å². The molecule has 4 rings (SSSR count). The molecule has 2 aliphatic rings. The predicted molar refractivity (Wildman–Crippen MR) is 141 cm³/mol. The number of hydrogen-bond donors (Lipinski definition) is 2. The summed E-state index contributed by atoms with van der Waals surface area (Å²) in [5.41, 5.74) is 7.28. The number of carbonyl (C=O) groups is 2. The van der Waals surface area contributed by atoms with Gasteiger partial charge in [0.05, 0.1) is 10.5 Å². The monoisotopic (exact) mass is 540 g/mol. The van der Waals surface area contributed by atoms with E-state index in [-0.39, 0.29) is 17.3 Å². The van der Waals surface area contributed by atoms with E-state index >= 15 is 0 Å². The van der Waals surface area contributed by atoms with Crippen molar-refractivity contribution in [1.29, 1.82) is 0 Å². The second kappa shape index (κ2) is 11.0. The summed E-state index contributed by atoms with van der Waals surface area (Å²) < 4.78 is 27.7. The summed E-state index contributed by atoms with van der Waals surface area (Å²) in [6.07, 6.45) is 1.73. The number of nitrogens with two attached hydrogens (primary N) is 1. The summed E-state index contributed by atoms with van der Waals surface area (Å²) in [5, 5.41) is 3.28. The van der Waals surface area contributed by atoms with E-state index in [1.807, 2.05) is 0 Å². The maximum atomic E-state index is 13.1. The number of hydrogen-bond acceptors (Lipinski definition) is 6. The molecule has 0 spiro atoms. The molecule has 0 saturated carbocycles. The molecule has 2 amide bonds. The Morgan fingerprint density at radius 2 is 1.77 bits per heavy atom. The number of likely N-dealkylation sites (N-methyl/N-ethyl adjacent to an activating group) is 1. The van der Waals surface area contributed by atoms with Crippen LogP contribution in [0.1, 0.15) is 58.3 Å². The molecule has 1 aromatic carbocycles. The minimum atomic E-state index is -3.62. The lowest BCUT2D eigenvalue weighted by molar-refractivity contribution is 0.1000. The van der Waals surface area contributed by atoms with Crippen LogP contribution in [0.5, 0.6) is 0 Å². The first-order valence-corrected chi connectivity index (χ1v) is 13.9. The summed E-state index contributed by atoms with van der Waals surface area (Å²) in [4.78, 5) is 28.6. The number of primary amides is 1. The van der Waals surface area contributed by atoms with E-state index in [0.29, 0.717) is 47.5 Å². The van der Waals surface area contributed by atoms with Crippen LogP contribution >= 0.6 is 23.7 Å². The van der Waals surface area contributed by atoms with E-state index < -0.39 is 21.8 Å². The van der Waals surface area contributed by atoms with Crippen LogP contribution in [-0.2, 0) is 23.0 Å². The molecular formula is C24H33ClN4O4S2. The molecule has 2 aliphatic heterocycles. The number of halogens is 1. The Hall–Kier alpha value is -1.98. The number of rotatable bonds is 6. The van der Waals surface area contributed by atoms with Gasteiger partial charge in [0.2, 0.25) is 10.0 Å². The van der Waals surface area contributed by atoms with Gasteiger partial charge in [0, 0.05) is 36.6 Å². The molecule has 35 heavy (non-hydrogen) atoms. The van der Waals surface area contributed by atoms with Gasteiger partial charge in [-0.2, -0.15) is 4.31 Å². The second-order valence-electron chi connectivity index (χ2n) is 9.44. The van der Waals surface area contributed by atoms with Crippen LogP contribution in [0.2, 0.25) is 0 Å². The Balaban J connectivity index is 0.00000342. The minimum Gasteiger partial charge on any atom is -0.365 e. The molecular weight excluding hydrogens is 508 g/mol. The maximum Gasteiger partial charge on any atom is 0.256 e. The van der Waals surface area contributed by atoms with Crippen LogP contribution in [0.4, 0.5) is 5.00 Å². The number of fused-ring (bicyclic) bond motifs is 1. The summed E-state index contributed by atoms with van der Waals surface area (Å²) >= 11 is 1.38. The van der Waals surface area contributed by atoms with Crippen molar-refractivity contribution in [3.8, 4) is 0 Å². The van der Waals surface area contributed by atoms with Crippen LogP contribution in [-0.4, -0.2) is 55.6 Å². The van der Waals surface area contributed by atoms with Crippen molar-refractivity contribution in [2.75, 3.05) is 31.5 Å². The molecule has 3 N–H and O–H groups in total. The zero-order valence-electron chi connectivity index (χ0n) is 20.2. The average Bonchev–Trinajstić information content (AvgIpc) is 3.15. The lowest BCUT2D eigenvalue weighted by atomic mass is 9.94. The standard InChI is InChI=1S/C24H32N4O4S2.ClH/c1-4-27-10-9-19-20(14-27)33-24(21(19)22(25)29)26-23(30)17-5-7-18(8-6-17)34(31,32)28-12-15(2)11-16(3)13-28;/h5-8,15-16H,4,9-14H2,1-3H3,(H2,25,29)(H,26,30);1H. The molecule has 2 atom stereocenters. The fourth-order valence-electron chi connectivity index (χ4n) is 4.98. The van der Waals surface area contributed by atoms with Gasteiger partial charge < -0.3 is 11.1 Å². The van der Waals surface area contributed by atoms with Gasteiger partial charge in [-0.25, -0.2) is 8.42 Å². The molecule has 192 valence electrons. The van der Waals surface area contributed by atoms with Crippen molar-refractivity contribution < 1.29 is 18.0 Å². The molecule has 1 saturated heterocycles. The highest BCUT2D eigenvalue weighted by Crippen LogP contribution is 2.37. The maximum absolute atomic E-state index is 13.1. The van der Waals surface area contributed by atoms with Crippen molar-refractivity contribution in [3.05, 3.63) is 45.8 Å². The van der Waals surface area contributed by atoms with Gasteiger partial charge in [-0.15, -0.1) is 23.7 Å². The topological polar surface area (TPSA) is 113 Å². The van der Waals surface area contributed by atoms with Crippen LogP contribution in [0.15, 0.2) is 29.2 Å². The third kappa shape index (κ3) is 5.72. The summed E-state index contributed by atoms with van der Waals surface area (Å²) in [7, 11) is -3.62. The van der Waals surface area contributed by atoms with Gasteiger partial charge in [-0.3, -0.25) is 14.5 Å². The van der Waals surface area contributed by atoms with Crippen LogP contribution in [0.25, 0.3) is 0 Å². The largest absolute Gasteiger partial charge is 0.365 e. The van der Waals surface area contributed by atoms with Gasteiger partial charge in [-0.1, -0.05) is 20.8 Å². The lowest BCUT2D eigenvalue weighted by Crippen LogP contribution is -2.42. The molecule has 1 aromatic heterocycles. The molecule has 2 unspecified atom stereocenters. The Bertz CT molecular complexity index is 1190. The highest BCUT2D eigenvalue weighted by molar-refractivity contribution is 7.89.